The predicted octanol–water partition coefficient (Wildman–Crippen LogP) is 3.90. The molecule has 0 radical (unpaired) electrons. The highest BCUT2D eigenvalue weighted by Gasteiger charge is 2.16. The van der Waals surface area contributed by atoms with Crippen LogP contribution in [0, 0.1) is 0 Å². The zero-order chi connectivity index (χ0) is 14.7. The fourth-order valence-electron chi connectivity index (χ4n) is 2.42. The van der Waals surface area contributed by atoms with Crippen molar-refractivity contribution in [2.24, 2.45) is 0 Å². The van der Waals surface area contributed by atoms with E-state index in [0.717, 1.165) is 16.6 Å². The van der Waals surface area contributed by atoms with Gasteiger partial charge in [-0.1, -0.05) is 24.3 Å². The number of rotatable bonds is 3. The van der Waals surface area contributed by atoms with E-state index in [0.29, 0.717) is 12.1 Å². The average Bonchev–Trinajstić information content (AvgIpc) is 2.56. The van der Waals surface area contributed by atoms with Crippen molar-refractivity contribution in [1.29, 1.82) is 0 Å². The van der Waals surface area contributed by atoms with E-state index in [1.54, 1.807) is 11.1 Å². The Morgan fingerprint density at radius 3 is 2.62 bits per heavy atom. The molecular formula is C18H16N2O. The lowest BCUT2D eigenvalue weighted by Crippen LogP contribution is -2.30. The normalized spacial score (nSPS) is 10.5. The highest BCUT2D eigenvalue weighted by atomic mass is 16.2. The van der Waals surface area contributed by atoms with Gasteiger partial charge in [-0.2, -0.15) is 0 Å². The molecule has 0 saturated heterocycles. The van der Waals surface area contributed by atoms with Gasteiger partial charge in [-0.25, -0.2) is 0 Å². The second kappa shape index (κ2) is 5.75. The Morgan fingerprint density at radius 2 is 1.86 bits per heavy atom. The number of hydrogen-bond acceptors (Lipinski definition) is 2. The lowest BCUT2D eigenvalue weighted by atomic mass is 10.1. The molecule has 0 aliphatic rings. The molecule has 2 aromatic carbocycles. The largest absolute Gasteiger partial charge is 0.309 e. The maximum atomic E-state index is 12.7. The van der Waals surface area contributed by atoms with Gasteiger partial charge in [0.2, 0.25) is 0 Å². The molecule has 1 amide bonds. The highest BCUT2D eigenvalue weighted by Crippen LogP contribution is 2.19. The minimum absolute atomic E-state index is 0.00875. The number of fused-ring (bicyclic) bond motifs is 1. The molecule has 3 aromatic rings. The van der Waals surface area contributed by atoms with E-state index >= 15 is 0 Å². The van der Waals surface area contributed by atoms with E-state index in [1.165, 1.54) is 0 Å². The molecule has 0 aliphatic carbocycles. The number of aromatic nitrogens is 1. The molecule has 21 heavy (non-hydrogen) atoms. The lowest BCUT2D eigenvalue weighted by molar-refractivity contribution is 0.0988. The summed E-state index contributed by atoms with van der Waals surface area (Å²) in [7, 11) is 0. The van der Waals surface area contributed by atoms with Gasteiger partial charge in [0.15, 0.2) is 0 Å². The van der Waals surface area contributed by atoms with E-state index in [-0.39, 0.29) is 5.91 Å². The standard InChI is InChI=1S/C18H16N2O/c1-2-20(16-8-4-3-5-9-16)18(21)15-10-11-17-14(13-15)7-6-12-19-17/h3-13H,2H2,1H3. The fraction of sp³-hybridized carbons (Fsp3) is 0.111. The van der Waals surface area contributed by atoms with Crippen molar-refractivity contribution in [3.05, 3.63) is 72.4 Å². The number of anilines is 1. The molecule has 0 saturated carbocycles. The number of pyridine rings is 1. The van der Waals surface area contributed by atoms with Crippen LogP contribution in [0.5, 0.6) is 0 Å². The van der Waals surface area contributed by atoms with Crippen molar-refractivity contribution in [2.45, 2.75) is 6.92 Å². The van der Waals surface area contributed by atoms with Crippen molar-refractivity contribution in [3.8, 4) is 0 Å². The molecule has 104 valence electrons. The summed E-state index contributed by atoms with van der Waals surface area (Å²) in [6, 6.07) is 19.2. The number of para-hydroxylation sites is 1. The molecule has 0 unspecified atom stereocenters. The van der Waals surface area contributed by atoms with Crippen molar-refractivity contribution < 1.29 is 4.79 Å². The maximum absolute atomic E-state index is 12.7. The fourth-order valence-corrected chi connectivity index (χ4v) is 2.42. The van der Waals surface area contributed by atoms with Crippen LogP contribution in [-0.2, 0) is 0 Å². The van der Waals surface area contributed by atoms with Crippen LogP contribution in [0.15, 0.2) is 66.9 Å². The summed E-state index contributed by atoms with van der Waals surface area (Å²) in [5.41, 5.74) is 2.49. The molecule has 0 aliphatic heterocycles. The first-order chi connectivity index (χ1) is 10.3. The number of carbonyl (C=O) groups is 1. The van der Waals surface area contributed by atoms with Gasteiger partial charge in [0.05, 0.1) is 5.52 Å². The van der Waals surface area contributed by atoms with Crippen LogP contribution in [0.2, 0.25) is 0 Å². The topological polar surface area (TPSA) is 33.2 Å². The Kier molecular flexibility index (Phi) is 3.65. The van der Waals surface area contributed by atoms with Crippen molar-refractivity contribution in [1.82, 2.24) is 4.98 Å². The van der Waals surface area contributed by atoms with E-state index in [4.69, 9.17) is 0 Å². The first kappa shape index (κ1) is 13.3. The zero-order valence-electron chi connectivity index (χ0n) is 11.9. The van der Waals surface area contributed by atoms with Gasteiger partial charge in [-0.05, 0) is 43.3 Å². The number of carbonyl (C=O) groups excluding carboxylic acids is 1. The van der Waals surface area contributed by atoms with Crippen LogP contribution in [0.1, 0.15) is 17.3 Å². The summed E-state index contributed by atoms with van der Waals surface area (Å²) in [5, 5.41) is 0.979. The Morgan fingerprint density at radius 1 is 1.05 bits per heavy atom. The van der Waals surface area contributed by atoms with Crippen molar-refractivity contribution >= 4 is 22.5 Å². The Bertz CT molecular complexity index is 768. The van der Waals surface area contributed by atoms with Gasteiger partial charge in [-0.3, -0.25) is 9.78 Å². The highest BCUT2D eigenvalue weighted by molar-refractivity contribution is 6.07. The first-order valence-electron chi connectivity index (χ1n) is 7.01. The Labute approximate surface area is 123 Å². The molecule has 0 bridgehead atoms. The second-order valence-electron chi connectivity index (χ2n) is 4.80. The lowest BCUT2D eigenvalue weighted by Gasteiger charge is -2.21. The molecule has 3 heteroatoms. The van der Waals surface area contributed by atoms with E-state index in [2.05, 4.69) is 4.98 Å². The number of benzene rings is 2. The third-order valence-electron chi connectivity index (χ3n) is 3.48. The molecule has 0 atom stereocenters. The molecule has 1 heterocycles. The molecule has 3 rings (SSSR count). The summed E-state index contributed by atoms with van der Waals surface area (Å²) in [6.45, 7) is 2.61. The molecular weight excluding hydrogens is 260 g/mol. The summed E-state index contributed by atoms with van der Waals surface area (Å²) in [4.78, 5) is 18.8. The molecule has 1 aromatic heterocycles. The minimum Gasteiger partial charge on any atom is -0.309 e. The predicted molar refractivity (Wildman–Crippen MR) is 85.5 cm³/mol. The van der Waals surface area contributed by atoms with Gasteiger partial charge in [-0.15, -0.1) is 0 Å². The summed E-state index contributed by atoms with van der Waals surface area (Å²) in [5.74, 6) is 0.00875. The van der Waals surface area contributed by atoms with E-state index < -0.39 is 0 Å². The van der Waals surface area contributed by atoms with Gasteiger partial charge in [0.1, 0.15) is 0 Å². The Balaban J connectivity index is 1.98. The second-order valence-corrected chi connectivity index (χ2v) is 4.80. The summed E-state index contributed by atoms with van der Waals surface area (Å²) in [6.07, 6.45) is 1.76. The smallest absolute Gasteiger partial charge is 0.258 e. The number of hydrogen-bond donors (Lipinski definition) is 0. The zero-order valence-corrected chi connectivity index (χ0v) is 11.9. The van der Waals surface area contributed by atoms with Gasteiger partial charge >= 0.3 is 0 Å². The first-order valence-corrected chi connectivity index (χ1v) is 7.01. The van der Waals surface area contributed by atoms with Crippen LogP contribution in [0.4, 0.5) is 5.69 Å². The number of amides is 1. The summed E-state index contributed by atoms with van der Waals surface area (Å²) >= 11 is 0. The van der Waals surface area contributed by atoms with Crippen LogP contribution in [0.25, 0.3) is 10.9 Å². The van der Waals surface area contributed by atoms with Gasteiger partial charge in [0, 0.05) is 29.4 Å². The van der Waals surface area contributed by atoms with Crippen molar-refractivity contribution in [2.75, 3.05) is 11.4 Å². The molecule has 3 nitrogen and oxygen atoms in total. The van der Waals surface area contributed by atoms with Gasteiger partial charge < -0.3 is 4.90 Å². The molecule has 0 spiro atoms. The van der Waals surface area contributed by atoms with Crippen LogP contribution < -0.4 is 4.90 Å². The van der Waals surface area contributed by atoms with E-state index in [1.807, 2.05) is 67.6 Å². The Hall–Kier alpha value is -2.68. The van der Waals surface area contributed by atoms with Crippen molar-refractivity contribution in [3.63, 3.8) is 0 Å². The monoisotopic (exact) mass is 276 g/mol. The number of nitrogens with zero attached hydrogens (tertiary/aromatic N) is 2. The van der Waals surface area contributed by atoms with E-state index in [9.17, 15) is 4.79 Å². The third kappa shape index (κ3) is 2.63. The maximum Gasteiger partial charge on any atom is 0.258 e. The van der Waals surface area contributed by atoms with Crippen LogP contribution >= 0.6 is 0 Å². The quantitative estimate of drug-likeness (QED) is 0.727. The summed E-state index contributed by atoms with van der Waals surface area (Å²) < 4.78 is 0. The minimum atomic E-state index is 0.00875. The van der Waals surface area contributed by atoms with Crippen LogP contribution in [-0.4, -0.2) is 17.4 Å². The van der Waals surface area contributed by atoms with Gasteiger partial charge in [0.25, 0.3) is 5.91 Å². The SMILES string of the molecule is CCN(C(=O)c1ccc2ncccc2c1)c1ccccc1. The third-order valence-corrected chi connectivity index (χ3v) is 3.48. The average molecular weight is 276 g/mol. The van der Waals surface area contributed by atoms with Crippen LogP contribution in [0.3, 0.4) is 0 Å². The molecule has 0 N–H and O–H groups in total. The molecule has 0 fully saturated rings.